The lowest BCUT2D eigenvalue weighted by atomic mass is 9.47. The lowest BCUT2D eigenvalue weighted by molar-refractivity contribution is -0.0392. The first-order valence-corrected chi connectivity index (χ1v) is 16.6. The number of hydrogen-bond acceptors (Lipinski definition) is 3. The van der Waals surface area contributed by atoms with E-state index in [4.69, 9.17) is 16.6 Å². The van der Waals surface area contributed by atoms with Crippen molar-refractivity contribution in [2.45, 2.75) is 98.8 Å². The van der Waals surface area contributed by atoms with Gasteiger partial charge in [-0.05, 0) is 109 Å². The zero-order chi connectivity index (χ0) is 26.7. The Hall–Kier alpha value is -1.32. The number of nitrogens with one attached hydrogen (secondary N) is 1. The van der Waals surface area contributed by atoms with Crippen LogP contribution in [-0.4, -0.2) is 4.98 Å². The average molecular weight is 551 g/mol. The summed E-state index contributed by atoms with van der Waals surface area (Å²) in [4.78, 5) is 6.50. The molecule has 2 aromatic rings. The number of aryl methyl sites for hydroxylation is 1. The van der Waals surface area contributed by atoms with Gasteiger partial charge in [0.15, 0.2) is 5.13 Å². The summed E-state index contributed by atoms with van der Waals surface area (Å²) in [5.74, 6) is 5.25. The maximum atomic E-state index is 6.44. The maximum absolute atomic E-state index is 6.44. The Kier molecular flexibility index (Phi) is 7.26. The molecule has 2 nitrogen and oxygen atoms in total. The van der Waals surface area contributed by atoms with Gasteiger partial charge in [0, 0.05) is 0 Å². The van der Waals surface area contributed by atoms with Gasteiger partial charge in [0.25, 0.3) is 0 Å². The van der Waals surface area contributed by atoms with Crippen molar-refractivity contribution in [3.05, 3.63) is 45.9 Å². The van der Waals surface area contributed by atoms with Gasteiger partial charge in [-0.3, -0.25) is 0 Å². The highest BCUT2D eigenvalue weighted by atomic mass is 35.5. The molecule has 0 bridgehead atoms. The van der Waals surface area contributed by atoms with Crippen molar-refractivity contribution in [2.24, 2.45) is 46.3 Å². The fourth-order valence-corrected chi connectivity index (χ4v) is 11.0. The molecule has 4 aliphatic carbocycles. The molecule has 1 N–H and O–H groups in total. The van der Waals surface area contributed by atoms with Gasteiger partial charge in [-0.25, -0.2) is 4.98 Å². The highest BCUT2D eigenvalue weighted by Gasteiger charge is 2.59. The van der Waals surface area contributed by atoms with Crippen molar-refractivity contribution in [1.82, 2.24) is 4.98 Å². The van der Waals surface area contributed by atoms with Gasteiger partial charge in [0.1, 0.15) is 0 Å². The summed E-state index contributed by atoms with van der Waals surface area (Å²) in [5.41, 5.74) is 4.71. The first kappa shape index (κ1) is 26.9. The molecular weight excluding hydrogens is 504 g/mol. The van der Waals surface area contributed by atoms with Crippen LogP contribution >= 0.6 is 22.9 Å². The number of aromatic nitrogens is 1. The molecule has 0 amide bonds. The van der Waals surface area contributed by atoms with Crippen molar-refractivity contribution in [3.63, 3.8) is 0 Å². The fraction of sp³-hybridized carbons (Fsp3) is 0.676. The zero-order valence-corrected chi connectivity index (χ0v) is 25.7. The second-order valence-electron chi connectivity index (χ2n) is 14.1. The molecule has 2 saturated carbocycles. The largest absolute Gasteiger partial charge is 0.330 e. The second-order valence-corrected chi connectivity index (χ2v) is 15.5. The van der Waals surface area contributed by atoms with E-state index in [0.29, 0.717) is 10.8 Å². The van der Waals surface area contributed by atoms with Gasteiger partial charge in [0.05, 0.1) is 21.3 Å². The highest BCUT2D eigenvalue weighted by Crippen LogP contribution is 2.68. The number of nitrogens with zero attached hydrogens (tertiary/aromatic N) is 1. The van der Waals surface area contributed by atoms with Crippen LogP contribution in [0.5, 0.6) is 0 Å². The molecule has 6 rings (SSSR count). The Morgan fingerprint density at radius 1 is 1.05 bits per heavy atom. The minimum Gasteiger partial charge on any atom is -0.330 e. The van der Waals surface area contributed by atoms with Crippen molar-refractivity contribution < 1.29 is 0 Å². The Bertz CT molecular complexity index is 1200. The molecule has 1 aromatic heterocycles. The summed E-state index contributed by atoms with van der Waals surface area (Å²) in [6.45, 7) is 12.7. The summed E-state index contributed by atoms with van der Waals surface area (Å²) in [6, 6.07) is 7.98. The number of hydrogen-bond donors (Lipinski definition) is 1. The average Bonchev–Trinajstić information content (AvgIpc) is 3.45. The predicted octanol–water partition coefficient (Wildman–Crippen LogP) is 10.8. The topological polar surface area (TPSA) is 24.9 Å². The van der Waals surface area contributed by atoms with E-state index in [2.05, 4.69) is 46.0 Å². The minimum absolute atomic E-state index is 0.298. The minimum atomic E-state index is 0.298. The van der Waals surface area contributed by atoms with E-state index in [1.54, 1.807) is 5.57 Å². The van der Waals surface area contributed by atoms with E-state index in [9.17, 15) is 0 Å². The normalized spacial score (nSPS) is 34.7. The summed E-state index contributed by atoms with van der Waals surface area (Å²) >= 11 is 8.28. The molecule has 4 aliphatic rings. The third-order valence-electron chi connectivity index (χ3n) is 11.6. The number of allylic oxidation sites excluding steroid dienone is 2. The highest BCUT2D eigenvalue weighted by molar-refractivity contribution is 7.16. The molecule has 38 heavy (non-hydrogen) atoms. The summed E-state index contributed by atoms with van der Waals surface area (Å²) in [7, 11) is 0. The Labute approximate surface area is 240 Å². The van der Waals surface area contributed by atoms with E-state index in [1.165, 1.54) is 68.4 Å². The molecule has 1 aromatic carbocycles. The quantitative estimate of drug-likeness (QED) is 0.370. The lowest BCUT2D eigenvalue weighted by Crippen LogP contribution is -2.49. The molecule has 2 fully saturated rings. The van der Waals surface area contributed by atoms with Crippen molar-refractivity contribution in [3.8, 4) is 0 Å². The molecule has 0 spiro atoms. The van der Waals surface area contributed by atoms with Crippen LogP contribution in [0.2, 0.25) is 5.02 Å². The number of thiazole rings is 1. The molecule has 0 unspecified atom stereocenters. The Morgan fingerprint density at radius 3 is 2.66 bits per heavy atom. The molecule has 206 valence electrons. The second kappa shape index (κ2) is 10.3. The molecular formula is C34H47ClN2S. The number of benzene rings is 1. The molecule has 0 aliphatic heterocycles. The standard InChI is InChI=1S/C34H47ClN2S/c1-21(2)9-8-10-22(3)24-15-16-25-23-13-14-27-31-30(18-20-34(27,5)26(23)17-19-33(24,25)4)37-32(38-31)36-29-12-7-6-11-28(29)35/h6-7,11-12,14,21-26H,8-10,13,15-20H2,1-5H3,(H,36,37)/t22-,23+,24-,25+,26+,33-,34-/m1/s1. The number of para-hydroxylation sites is 1. The van der Waals surface area contributed by atoms with E-state index in [0.717, 1.165) is 57.8 Å². The third-order valence-corrected chi connectivity index (χ3v) is 13.0. The third kappa shape index (κ3) is 4.48. The van der Waals surface area contributed by atoms with E-state index < -0.39 is 0 Å². The van der Waals surface area contributed by atoms with Crippen LogP contribution in [0.25, 0.3) is 5.57 Å². The van der Waals surface area contributed by atoms with Gasteiger partial charge in [0.2, 0.25) is 0 Å². The van der Waals surface area contributed by atoms with E-state index in [1.807, 2.05) is 35.6 Å². The first-order valence-electron chi connectivity index (χ1n) is 15.4. The van der Waals surface area contributed by atoms with E-state index >= 15 is 0 Å². The number of fused-ring (bicyclic) bond motifs is 7. The van der Waals surface area contributed by atoms with Gasteiger partial charge in [-0.2, -0.15) is 0 Å². The van der Waals surface area contributed by atoms with Crippen LogP contribution in [-0.2, 0) is 6.42 Å². The Balaban J connectivity index is 1.22. The van der Waals surface area contributed by atoms with Gasteiger partial charge in [-0.15, -0.1) is 0 Å². The monoisotopic (exact) mass is 550 g/mol. The maximum Gasteiger partial charge on any atom is 0.187 e. The summed E-state index contributed by atoms with van der Waals surface area (Å²) < 4.78 is 0. The van der Waals surface area contributed by atoms with Crippen LogP contribution in [0.4, 0.5) is 10.8 Å². The first-order chi connectivity index (χ1) is 18.2. The number of halogens is 1. The smallest absolute Gasteiger partial charge is 0.187 e. The molecule has 7 atom stereocenters. The van der Waals surface area contributed by atoms with Crippen molar-refractivity contribution >= 4 is 39.3 Å². The zero-order valence-electron chi connectivity index (χ0n) is 24.2. The fourth-order valence-electron chi connectivity index (χ4n) is 9.63. The predicted molar refractivity (Wildman–Crippen MR) is 164 cm³/mol. The number of anilines is 2. The van der Waals surface area contributed by atoms with Crippen LogP contribution < -0.4 is 5.32 Å². The van der Waals surface area contributed by atoms with Gasteiger partial charge < -0.3 is 5.32 Å². The van der Waals surface area contributed by atoms with Crippen LogP contribution in [0.3, 0.4) is 0 Å². The molecule has 0 saturated heterocycles. The lowest BCUT2D eigenvalue weighted by Gasteiger charge is -2.57. The van der Waals surface area contributed by atoms with Crippen LogP contribution in [0.15, 0.2) is 30.3 Å². The van der Waals surface area contributed by atoms with Gasteiger partial charge >= 0.3 is 0 Å². The van der Waals surface area contributed by atoms with Crippen molar-refractivity contribution in [2.75, 3.05) is 5.32 Å². The molecule has 0 radical (unpaired) electrons. The van der Waals surface area contributed by atoms with Crippen molar-refractivity contribution in [1.29, 1.82) is 0 Å². The SMILES string of the molecule is CC(C)CCC[C@@H](C)[C@H]1CC[C@H]2[C@@H]3CC=C4c5sc(Nc6ccccc6Cl)nc5CC[C@]4(C)[C@H]3CC[C@]12C. The summed E-state index contributed by atoms with van der Waals surface area (Å²) in [6.07, 6.45) is 16.3. The van der Waals surface area contributed by atoms with E-state index in [-0.39, 0.29) is 0 Å². The van der Waals surface area contributed by atoms with Crippen LogP contribution in [0.1, 0.15) is 103 Å². The Morgan fingerprint density at radius 2 is 1.87 bits per heavy atom. The number of rotatable bonds is 7. The van der Waals surface area contributed by atoms with Crippen LogP contribution in [0, 0.1) is 46.3 Å². The molecule has 4 heteroatoms. The molecule has 1 heterocycles. The van der Waals surface area contributed by atoms with Gasteiger partial charge in [-0.1, -0.05) is 95.0 Å². The summed E-state index contributed by atoms with van der Waals surface area (Å²) in [5, 5.41) is 5.25.